The number of anilines is 1. The number of sulfonamides is 1. The highest BCUT2D eigenvalue weighted by atomic mass is 35.5. The maximum Gasteiger partial charge on any atom is 0.246 e. The number of halogens is 1. The lowest BCUT2D eigenvalue weighted by Gasteiger charge is -2.26. The summed E-state index contributed by atoms with van der Waals surface area (Å²) in [4.78, 5) is 12.4. The van der Waals surface area contributed by atoms with Gasteiger partial charge in [0.2, 0.25) is 15.9 Å². The van der Waals surface area contributed by atoms with Crippen molar-refractivity contribution in [1.82, 2.24) is 9.62 Å². The highest BCUT2D eigenvalue weighted by Gasteiger charge is 2.29. The van der Waals surface area contributed by atoms with Gasteiger partial charge in [-0.25, -0.2) is 8.42 Å². The van der Waals surface area contributed by atoms with Gasteiger partial charge >= 0.3 is 0 Å². The molecule has 0 spiro atoms. The van der Waals surface area contributed by atoms with E-state index in [0.29, 0.717) is 24.5 Å². The summed E-state index contributed by atoms with van der Waals surface area (Å²) in [5.41, 5.74) is 0.468. The van der Waals surface area contributed by atoms with Gasteiger partial charge in [-0.15, -0.1) is 12.4 Å². The number of ether oxygens (including phenoxy) is 1. The van der Waals surface area contributed by atoms with Crippen molar-refractivity contribution < 1.29 is 17.9 Å². The van der Waals surface area contributed by atoms with E-state index >= 15 is 0 Å². The molecule has 1 aromatic carbocycles. The molecule has 2 aliphatic heterocycles. The topological polar surface area (TPSA) is 87.7 Å². The molecule has 7 nitrogen and oxygen atoms in total. The standard InChI is InChI=1S/C17H25N3O4S.ClH/c1-24-15-8-7-13(19-17(21)14-6-5-9-18-14)12-16(15)25(22,23)20-10-3-2-4-11-20;/h7-8,12,14,18H,2-6,9-11H2,1H3,(H,19,21);1H. The number of hydrogen-bond acceptors (Lipinski definition) is 5. The first-order valence-corrected chi connectivity index (χ1v) is 10.2. The largest absolute Gasteiger partial charge is 0.495 e. The van der Waals surface area contributed by atoms with Gasteiger partial charge in [-0.2, -0.15) is 4.31 Å². The van der Waals surface area contributed by atoms with Gasteiger partial charge in [0.15, 0.2) is 0 Å². The molecule has 0 bridgehead atoms. The molecule has 9 heteroatoms. The monoisotopic (exact) mass is 403 g/mol. The maximum atomic E-state index is 13.0. The molecule has 0 aromatic heterocycles. The highest BCUT2D eigenvalue weighted by Crippen LogP contribution is 2.31. The van der Waals surface area contributed by atoms with Gasteiger partial charge in [-0.3, -0.25) is 4.79 Å². The second-order valence-electron chi connectivity index (χ2n) is 6.47. The number of piperidine rings is 1. The minimum Gasteiger partial charge on any atom is -0.495 e. The van der Waals surface area contributed by atoms with Crippen molar-refractivity contribution in [2.75, 3.05) is 32.1 Å². The van der Waals surface area contributed by atoms with Crippen LogP contribution in [0.3, 0.4) is 0 Å². The lowest BCUT2D eigenvalue weighted by molar-refractivity contribution is -0.117. The molecule has 0 radical (unpaired) electrons. The number of amides is 1. The summed E-state index contributed by atoms with van der Waals surface area (Å²) in [5, 5.41) is 5.94. The van der Waals surface area contributed by atoms with Crippen molar-refractivity contribution in [2.24, 2.45) is 0 Å². The van der Waals surface area contributed by atoms with Crippen LogP contribution in [0.1, 0.15) is 32.1 Å². The Hall–Kier alpha value is -1.35. The summed E-state index contributed by atoms with van der Waals surface area (Å²) in [6.45, 7) is 1.87. The van der Waals surface area contributed by atoms with Crippen LogP contribution >= 0.6 is 12.4 Å². The van der Waals surface area contributed by atoms with E-state index in [2.05, 4.69) is 10.6 Å². The van der Waals surface area contributed by atoms with E-state index in [1.165, 1.54) is 17.5 Å². The predicted molar refractivity (Wildman–Crippen MR) is 103 cm³/mol. The number of carbonyl (C=O) groups is 1. The van der Waals surface area contributed by atoms with Crippen LogP contribution in [0.15, 0.2) is 23.1 Å². The van der Waals surface area contributed by atoms with Crippen molar-refractivity contribution in [3.63, 3.8) is 0 Å². The minimum atomic E-state index is -3.64. The maximum absolute atomic E-state index is 13.0. The van der Waals surface area contributed by atoms with Gasteiger partial charge in [0.1, 0.15) is 10.6 Å². The van der Waals surface area contributed by atoms with Crippen molar-refractivity contribution in [1.29, 1.82) is 0 Å². The first kappa shape index (κ1) is 21.0. The molecule has 1 amide bonds. The molecule has 0 saturated carbocycles. The summed E-state index contributed by atoms with van der Waals surface area (Å²) in [5.74, 6) is 0.159. The van der Waals surface area contributed by atoms with Crippen molar-refractivity contribution in [2.45, 2.75) is 43.0 Å². The van der Waals surface area contributed by atoms with E-state index in [0.717, 1.165) is 38.6 Å². The lowest BCUT2D eigenvalue weighted by atomic mass is 10.2. The fourth-order valence-corrected chi connectivity index (χ4v) is 5.04. The number of nitrogens with zero attached hydrogens (tertiary/aromatic N) is 1. The van der Waals surface area contributed by atoms with Gasteiger partial charge in [-0.1, -0.05) is 6.42 Å². The van der Waals surface area contributed by atoms with Crippen molar-refractivity contribution in [3.05, 3.63) is 18.2 Å². The van der Waals surface area contributed by atoms with Crippen LogP contribution in [-0.4, -0.2) is 51.4 Å². The summed E-state index contributed by atoms with van der Waals surface area (Å²) >= 11 is 0. The molecule has 2 fully saturated rings. The Labute approximate surface area is 160 Å². The van der Waals surface area contributed by atoms with E-state index in [1.54, 1.807) is 12.1 Å². The predicted octanol–water partition coefficient (Wildman–Crippen LogP) is 1.98. The highest BCUT2D eigenvalue weighted by molar-refractivity contribution is 7.89. The second kappa shape index (κ2) is 9.03. The zero-order valence-electron chi connectivity index (χ0n) is 14.9. The zero-order chi connectivity index (χ0) is 17.9. The van der Waals surface area contributed by atoms with Gasteiger partial charge < -0.3 is 15.4 Å². The minimum absolute atomic E-state index is 0. The summed E-state index contributed by atoms with van der Waals surface area (Å²) < 4.78 is 32.7. The average Bonchev–Trinajstić information content (AvgIpc) is 3.17. The van der Waals surface area contributed by atoms with Gasteiger partial charge in [-0.05, 0) is 50.4 Å². The molecule has 1 unspecified atom stereocenters. The van der Waals surface area contributed by atoms with Crippen LogP contribution in [-0.2, 0) is 14.8 Å². The van der Waals surface area contributed by atoms with E-state index in [9.17, 15) is 13.2 Å². The van der Waals surface area contributed by atoms with Crippen molar-refractivity contribution >= 4 is 34.0 Å². The Kier molecular flexibility index (Phi) is 7.28. The molecule has 2 aliphatic rings. The van der Waals surface area contributed by atoms with E-state index in [-0.39, 0.29) is 29.3 Å². The molecule has 1 atom stereocenters. The molecule has 2 heterocycles. The van der Waals surface area contributed by atoms with Crippen molar-refractivity contribution in [3.8, 4) is 5.75 Å². The third-order valence-electron chi connectivity index (χ3n) is 4.74. The van der Waals surface area contributed by atoms with Crippen LogP contribution in [0.5, 0.6) is 5.75 Å². The SMILES string of the molecule is COc1ccc(NC(=O)C2CCCN2)cc1S(=O)(=O)N1CCCCC1.Cl. The first-order valence-electron chi connectivity index (χ1n) is 8.75. The molecule has 3 rings (SSSR count). The first-order chi connectivity index (χ1) is 12.0. The molecule has 0 aliphatic carbocycles. The van der Waals surface area contributed by atoms with E-state index in [1.807, 2.05) is 0 Å². The quantitative estimate of drug-likeness (QED) is 0.784. The fraction of sp³-hybridized carbons (Fsp3) is 0.588. The molecular formula is C17H26ClN3O4S. The number of methoxy groups -OCH3 is 1. The number of benzene rings is 1. The molecule has 26 heavy (non-hydrogen) atoms. The van der Waals surface area contributed by atoms with Gasteiger partial charge in [0.05, 0.1) is 13.2 Å². The number of hydrogen-bond donors (Lipinski definition) is 2. The van der Waals surface area contributed by atoms with Crippen LogP contribution in [0.25, 0.3) is 0 Å². The normalized spacial score (nSPS) is 21.0. The molecule has 2 N–H and O–H groups in total. The third kappa shape index (κ3) is 4.49. The lowest BCUT2D eigenvalue weighted by Crippen LogP contribution is -2.36. The third-order valence-corrected chi connectivity index (χ3v) is 6.66. The Bertz CT molecular complexity index is 730. The number of nitrogens with one attached hydrogen (secondary N) is 2. The molecule has 146 valence electrons. The van der Waals surface area contributed by atoms with Crippen LogP contribution in [0.4, 0.5) is 5.69 Å². The molecule has 2 saturated heterocycles. The van der Waals surface area contributed by atoms with E-state index < -0.39 is 10.0 Å². The number of rotatable bonds is 5. The van der Waals surface area contributed by atoms with Crippen LogP contribution in [0, 0.1) is 0 Å². The van der Waals surface area contributed by atoms with Crippen LogP contribution < -0.4 is 15.4 Å². The molecule has 1 aromatic rings. The van der Waals surface area contributed by atoms with E-state index in [4.69, 9.17) is 4.74 Å². The Balaban J connectivity index is 0.00000243. The van der Waals surface area contributed by atoms with Gasteiger partial charge in [0, 0.05) is 18.8 Å². The summed E-state index contributed by atoms with van der Waals surface area (Å²) in [7, 11) is -2.19. The summed E-state index contributed by atoms with van der Waals surface area (Å²) in [6, 6.07) is 4.54. The number of carbonyl (C=O) groups excluding carboxylic acids is 1. The fourth-order valence-electron chi connectivity index (χ4n) is 3.34. The Morgan fingerprint density at radius 3 is 2.58 bits per heavy atom. The van der Waals surface area contributed by atoms with Gasteiger partial charge in [0.25, 0.3) is 0 Å². The summed E-state index contributed by atoms with van der Waals surface area (Å²) in [6.07, 6.45) is 4.54. The smallest absolute Gasteiger partial charge is 0.246 e. The Morgan fingerprint density at radius 1 is 1.23 bits per heavy atom. The Morgan fingerprint density at radius 2 is 1.96 bits per heavy atom. The zero-order valence-corrected chi connectivity index (χ0v) is 16.5. The molecular weight excluding hydrogens is 378 g/mol. The average molecular weight is 404 g/mol. The van der Waals surface area contributed by atoms with Crippen LogP contribution in [0.2, 0.25) is 0 Å². The second-order valence-corrected chi connectivity index (χ2v) is 8.37.